The zero-order chi connectivity index (χ0) is 20.3. The largest absolute Gasteiger partial charge is 0.463 e. The first-order valence-corrected chi connectivity index (χ1v) is 9.65. The number of nitrogens with one attached hydrogen (secondary N) is 1. The molecule has 1 aliphatic rings. The number of furan rings is 1. The van der Waals surface area contributed by atoms with Crippen LogP contribution in [0.4, 0.5) is 5.82 Å². The second-order valence-corrected chi connectivity index (χ2v) is 6.94. The van der Waals surface area contributed by atoms with Gasteiger partial charge in [0, 0.05) is 50.2 Å². The summed E-state index contributed by atoms with van der Waals surface area (Å²) in [4.78, 5) is 20.7. The number of anilines is 1. The SMILES string of the molecule is O=C(c1cc(-c2ccco2)[nH]n1)N1CCN(c2ccc(-c3ccncc3)nn2)CC1. The highest BCUT2D eigenvalue weighted by atomic mass is 16.3. The molecule has 0 radical (unpaired) electrons. The second-order valence-electron chi connectivity index (χ2n) is 6.94. The molecule has 0 spiro atoms. The van der Waals surface area contributed by atoms with E-state index in [1.807, 2.05) is 30.3 Å². The van der Waals surface area contributed by atoms with E-state index in [1.165, 1.54) is 0 Å². The lowest BCUT2D eigenvalue weighted by Gasteiger charge is -2.34. The molecular weight excluding hydrogens is 382 g/mol. The Bertz CT molecular complexity index is 1120. The monoisotopic (exact) mass is 401 g/mol. The molecule has 0 unspecified atom stereocenters. The Morgan fingerprint density at radius 2 is 1.83 bits per heavy atom. The van der Waals surface area contributed by atoms with Gasteiger partial charge in [0.2, 0.25) is 0 Å². The van der Waals surface area contributed by atoms with E-state index < -0.39 is 0 Å². The summed E-state index contributed by atoms with van der Waals surface area (Å²) in [6.45, 7) is 2.56. The summed E-state index contributed by atoms with van der Waals surface area (Å²) in [5.41, 5.74) is 2.86. The fourth-order valence-electron chi connectivity index (χ4n) is 3.46. The summed E-state index contributed by atoms with van der Waals surface area (Å²) < 4.78 is 5.34. The van der Waals surface area contributed by atoms with Crippen molar-refractivity contribution in [3.05, 3.63) is 66.8 Å². The lowest BCUT2D eigenvalue weighted by Crippen LogP contribution is -2.49. The molecule has 1 saturated heterocycles. The Morgan fingerprint density at radius 1 is 1.00 bits per heavy atom. The average molecular weight is 401 g/mol. The van der Waals surface area contributed by atoms with E-state index in [-0.39, 0.29) is 5.91 Å². The van der Waals surface area contributed by atoms with E-state index in [1.54, 1.807) is 35.7 Å². The highest BCUT2D eigenvalue weighted by Gasteiger charge is 2.25. The van der Waals surface area contributed by atoms with Crippen LogP contribution in [0.2, 0.25) is 0 Å². The van der Waals surface area contributed by atoms with Gasteiger partial charge in [-0.3, -0.25) is 14.9 Å². The number of aromatic amines is 1. The van der Waals surface area contributed by atoms with Gasteiger partial charge in [0.05, 0.1) is 12.0 Å². The van der Waals surface area contributed by atoms with E-state index >= 15 is 0 Å². The van der Waals surface area contributed by atoms with Crippen LogP contribution in [0.1, 0.15) is 10.5 Å². The van der Waals surface area contributed by atoms with Crippen LogP contribution < -0.4 is 4.90 Å². The minimum Gasteiger partial charge on any atom is -0.463 e. The standard InChI is InChI=1S/C21H19N7O2/c29-21(18-14-17(24-25-18)19-2-1-13-30-19)28-11-9-27(10-12-28)20-4-3-16(23-26-20)15-5-7-22-8-6-15/h1-8,13-14H,9-12H2,(H,24,25). The number of hydrogen-bond donors (Lipinski definition) is 1. The van der Waals surface area contributed by atoms with Gasteiger partial charge in [-0.15, -0.1) is 10.2 Å². The number of hydrogen-bond acceptors (Lipinski definition) is 7. The number of nitrogens with zero attached hydrogens (tertiary/aromatic N) is 6. The van der Waals surface area contributed by atoms with Crippen LogP contribution in [0, 0.1) is 0 Å². The van der Waals surface area contributed by atoms with Crippen molar-refractivity contribution in [3.63, 3.8) is 0 Å². The number of piperazine rings is 1. The molecule has 1 fully saturated rings. The third-order valence-electron chi connectivity index (χ3n) is 5.10. The minimum atomic E-state index is -0.0946. The van der Waals surface area contributed by atoms with Gasteiger partial charge in [-0.2, -0.15) is 5.10 Å². The summed E-state index contributed by atoms with van der Waals surface area (Å²) in [7, 11) is 0. The Balaban J connectivity index is 1.21. The number of carbonyl (C=O) groups is 1. The van der Waals surface area contributed by atoms with Crippen molar-refractivity contribution in [1.82, 2.24) is 30.3 Å². The smallest absolute Gasteiger partial charge is 0.274 e. The van der Waals surface area contributed by atoms with Crippen LogP contribution in [0.5, 0.6) is 0 Å². The van der Waals surface area contributed by atoms with Crippen molar-refractivity contribution in [1.29, 1.82) is 0 Å². The van der Waals surface area contributed by atoms with Gasteiger partial charge >= 0.3 is 0 Å². The molecule has 0 aliphatic carbocycles. The molecule has 9 nitrogen and oxygen atoms in total. The maximum Gasteiger partial charge on any atom is 0.274 e. The van der Waals surface area contributed by atoms with Gasteiger partial charge in [0.1, 0.15) is 5.69 Å². The lowest BCUT2D eigenvalue weighted by molar-refractivity contribution is 0.0740. The molecule has 0 saturated carbocycles. The summed E-state index contributed by atoms with van der Waals surface area (Å²) >= 11 is 0. The van der Waals surface area contributed by atoms with Crippen LogP contribution in [0.25, 0.3) is 22.7 Å². The molecule has 0 aromatic carbocycles. The number of aromatic nitrogens is 5. The van der Waals surface area contributed by atoms with Crippen molar-refractivity contribution >= 4 is 11.7 Å². The Hall–Kier alpha value is -4.01. The first-order valence-electron chi connectivity index (χ1n) is 9.65. The number of amides is 1. The van der Waals surface area contributed by atoms with Gasteiger partial charge in [0.25, 0.3) is 5.91 Å². The number of H-pyrrole nitrogens is 1. The molecule has 0 bridgehead atoms. The van der Waals surface area contributed by atoms with Crippen LogP contribution in [0.15, 0.2) is 65.5 Å². The van der Waals surface area contributed by atoms with Gasteiger partial charge in [-0.1, -0.05) is 0 Å². The molecule has 9 heteroatoms. The third-order valence-corrected chi connectivity index (χ3v) is 5.10. The molecule has 1 amide bonds. The molecule has 5 rings (SSSR count). The Labute approximate surface area is 172 Å². The topological polar surface area (TPSA) is 104 Å². The summed E-state index contributed by atoms with van der Waals surface area (Å²) in [6.07, 6.45) is 5.06. The molecular formula is C21H19N7O2. The van der Waals surface area contributed by atoms with Crippen molar-refractivity contribution in [2.75, 3.05) is 31.1 Å². The van der Waals surface area contributed by atoms with E-state index in [0.717, 1.165) is 17.1 Å². The first-order chi connectivity index (χ1) is 14.8. The van der Waals surface area contributed by atoms with Crippen LogP contribution >= 0.6 is 0 Å². The predicted octanol–water partition coefficient (Wildman–Crippen LogP) is 2.48. The fraction of sp³-hybridized carbons (Fsp3) is 0.190. The molecule has 4 aromatic rings. The van der Waals surface area contributed by atoms with Crippen molar-refractivity contribution in [2.45, 2.75) is 0 Å². The van der Waals surface area contributed by atoms with E-state index in [9.17, 15) is 4.79 Å². The summed E-state index contributed by atoms with van der Waals surface area (Å²) in [6, 6.07) is 13.1. The van der Waals surface area contributed by atoms with Gasteiger partial charge < -0.3 is 14.2 Å². The van der Waals surface area contributed by atoms with E-state index in [0.29, 0.717) is 43.3 Å². The molecule has 5 heterocycles. The molecule has 30 heavy (non-hydrogen) atoms. The number of pyridine rings is 1. The molecule has 150 valence electrons. The van der Waals surface area contributed by atoms with Crippen LogP contribution in [-0.4, -0.2) is 62.4 Å². The molecule has 0 atom stereocenters. The maximum atomic E-state index is 12.8. The number of rotatable bonds is 4. The average Bonchev–Trinajstić information content (AvgIpc) is 3.52. The normalized spacial score (nSPS) is 14.1. The highest BCUT2D eigenvalue weighted by molar-refractivity contribution is 5.93. The Morgan fingerprint density at radius 3 is 2.53 bits per heavy atom. The maximum absolute atomic E-state index is 12.8. The Kier molecular flexibility index (Phi) is 4.68. The minimum absolute atomic E-state index is 0.0946. The number of carbonyl (C=O) groups excluding carboxylic acids is 1. The second kappa shape index (κ2) is 7.78. The van der Waals surface area contributed by atoms with Crippen molar-refractivity contribution in [2.24, 2.45) is 0 Å². The quantitative estimate of drug-likeness (QED) is 0.560. The van der Waals surface area contributed by atoms with Gasteiger partial charge in [0.15, 0.2) is 17.3 Å². The highest BCUT2D eigenvalue weighted by Crippen LogP contribution is 2.21. The van der Waals surface area contributed by atoms with Crippen molar-refractivity contribution < 1.29 is 9.21 Å². The van der Waals surface area contributed by atoms with Crippen LogP contribution in [0.3, 0.4) is 0 Å². The van der Waals surface area contributed by atoms with E-state index in [4.69, 9.17) is 4.42 Å². The summed E-state index contributed by atoms with van der Waals surface area (Å²) in [5.74, 6) is 1.36. The first kappa shape index (κ1) is 18.0. The van der Waals surface area contributed by atoms with Gasteiger partial charge in [-0.25, -0.2) is 0 Å². The predicted molar refractivity (Wildman–Crippen MR) is 110 cm³/mol. The zero-order valence-corrected chi connectivity index (χ0v) is 16.1. The fourth-order valence-corrected chi connectivity index (χ4v) is 3.46. The molecule has 4 aromatic heterocycles. The van der Waals surface area contributed by atoms with Crippen molar-refractivity contribution in [3.8, 4) is 22.7 Å². The lowest BCUT2D eigenvalue weighted by atomic mass is 10.2. The third kappa shape index (κ3) is 3.52. The van der Waals surface area contributed by atoms with E-state index in [2.05, 4.69) is 30.3 Å². The van der Waals surface area contributed by atoms with Gasteiger partial charge in [-0.05, 0) is 36.4 Å². The molecule has 1 aliphatic heterocycles. The summed E-state index contributed by atoms with van der Waals surface area (Å²) in [5, 5.41) is 15.7. The zero-order valence-electron chi connectivity index (χ0n) is 16.1. The van der Waals surface area contributed by atoms with Crippen LogP contribution in [-0.2, 0) is 0 Å². The molecule has 1 N–H and O–H groups in total.